The molecule has 3 N–H and O–H groups in total. The van der Waals surface area contributed by atoms with E-state index >= 15 is 0 Å². The molecule has 0 spiro atoms. The average Bonchev–Trinajstić information content (AvgIpc) is 3.56. The number of benzene rings is 1. The number of fused-ring (bicyclic) bond motifs is 2. The number of nitrogens with one attached hydrogen (secondary N) is 2. The average molecular weight is 521 g/mol. The highest BCUT2D eigenvalue weighted by atomic mass is 32.2. The molecule has 4 aromatic rings. The van der Waals surface area contributed by atoms with Crippen molar-refractivity contribution in [2.24, 2.45) is 0 Å². The summed E-state index contributed by atoms with van der Waals surface area (Å²) in [5, 5.41) is 16.4. The molecule has 36 heavy (non-hydrogen) atoms. The fourth-order valence-corrected chi connectivity index (χ4v) is 6.62. The van der Waals surface area contributed by atoms with Crippen molar-refractivity contribution in [3.63, 3.8) is 0 Å². The fraction of sp³-hybridized carbons (Fsp3) is 0.333. The third kappa shape index (κ3) is 4.30. The van der Waals surface area contributed by atoms with Crippen molar-refractivity contribution in [3.05, 3.63) is 64.8 Å². The number of anilines is 1. The summed E-state index contributed by atoms with van der Waals surface area (Å²) >= 11 is 2.76. The van der Waals surface area contributed by atoms with Crippen LogP contribution < -0.4 is 10.0 Å². The Morgan fingerprint density at radius 3 is 2.83 bits per heavy atom. The van der Waals surface area contributed by atoms with Gasteiger partial charge < -0.3 is 19.7 Å². The van der Waals surface area contributed by atoms with Crippen LogP contribution in [0, 0.1) is 0 Å². The Bertz CT molecular complexity index is 1450. The maximum Gasteiger partial charge on any atom is 0.329 e. The molecule has 7 nitrogen and oxygen atoms in total. The zero-order valence-corrected chi connectivity index (χ0v) is 21.8. The number of carbonyl (C=O) groups excluding carboxylic acids is 1. The molecule has 1 aromatic carbocycles. The number of hydrogen-bond donors (Lipinski definition) is 3. The van der Waals surface area contributed by atoms with E-state index in [1.165, 1.54) is 34.4 Å². The third-order valence-electron chi connectivity index (χ3n) is 6.97. The molecule has 0 atom stereocenters. The van der Waals surface area contributed by atoms with E-state index in [0.717, 1.165) is 56.9 Å². The second-order valence-corrected chi connectivity index (χ2v) is 11.9. The van der Waals surface area contributed by atoms with Crippen LogP contribution in [0.25, 0.3) is 22.2 Å². The lowest BCUT2D eigenvalue weighted by molar-refractivity contribution is -0.0216. The van der Waals surface area contributed by atoms with Crippen molar-refractivity contribution in [1.82, 2.24) is 14.3 Å². The van der Waals surface area contributed by atoms with Crippen LogP contribution in [-0.2, 0) is 23.2 Å². The first-order valence-electron chi connectivity index (χ1n) is 12.1. The predicted molar refractivity (Wildman–Crippen MR) is 145 cm³/mol. The van der Waals surface area contributed by atoms with Crippen LogP contribution in [-0.4, -0.2) is 33.9 Å². The van der Waals surface area contributed by atoms with Crippen molar-refractivity contribution in [2.45, 2.75) is 49.0 Å². The van der Waals surface area contributed by atoms with E-state index in [1.54, 1.807) is 13.8 Å². The van der Waals surface area contributed by atoms with E-state index < -0.39 is 5.60 Å². The van der Waals surface area contributed by atoms with Crippen LogP contribution in [0.1, 0.15) is 43.0 Å². The van der Waals surface area contributed by atoms with Gasteiger partial charge in [0.25, 0.3) is 0 Å². The smallest absolute Gasteiger partial charge is 0.329 e. The molecular formula is C27H28N4O3S2. The molecule has 1 fully saturated rings. The number of nitrogens with zero attached hydrogens (tertiary/aromatic N) is 2. The van der Waals surface area contributed by atoms with E-state index in [1.807, 2.05) is 23.7 Å². The van der Waals surface area contributed by atoms with E-state index in [9.17, 15) is 9.90 Å². The second-order valence-electron chi connectivity index (χ2n) is 9.86. The number of hydrogen-bond acceptors (Lipinski definition) is 6. The molecule has 1 aliphatic heterocycles. The molecule has 1 saturated heterocycles. The predicted octanol–water partition coefficient (Wildman–Crippen LogP) is 5.88. The van der Waals surface area contributed by atoms with Gasteiger partial charge in [-0.15, -0.1) is 11.3 Å². The first-order valence-corrected chi connectivity index (χ1v) is 13.8. The topological polar surface area (TPSA) is 88.4 Å². The van der Waals surface area contributed by atoms with Crippen LogP contribution in [0.5, 0.6) is 0 Å². The van der Waals surface area contributed by atoms with Crippen LogP contribution in [0.15, 0.2) is 52.3 Å². The Morgan fingerprint density at radius 1 is 1.22 bits per heavy atom. The second kappa shape index (κ2) is 9.23. The van der Waals surface area contributed by atoms with Gasteiger partial charge in [0.05, 0.1) is 34.8 Å². The molecule has 1 aliphatic carbocycles. The Labute approximate surface area is 218 Å². The normalized spacial score (nSPS) is 15.6. The van der Waals surface area contributed by atoms with Gasteiger partial charge >= 0.3 is 6.03 Å². The number of pyridine rings is 1. The number of rotatable bonds is 6. The van der Waals surface area contributed by atoms with Gasteiger partial charge in [-0.05, 0) is 90.9 Å². The summed E-state index contributed by atoms with van der Waals surface area (Å²) in [5.74, 6) is 0. The number of aromatic nitrogens is 2. The highest BCUT2D eigenvalue weighted by Gasteiger charge is 2.25. The monoisotopic (exact) mass is 520 g/mol. The first-order chi connectivity index (χ1) is 17.4. The molecule has 0 bridgehead atoms. The first kappa shape index (κ1) is 23.5. The lowest BCUT2D eigenvalue weighted by atomic mass is 9.96. The molecule has 2 aliphatic rings. The van der Waals surface area contributed by atoms with Gasteiger partial charge in [0, 0.05) is 23.3 Å². The lowest BCUT2D eigenvalue weighted by Gasteiger charge is -2.27. The van der Waals surface area contributed by atoms with Crippen LogP contribution in [0.4, 0.5) is 10.5 Å². The van der Waals surface area contributed by atoms with Gasteiger partial charge in [-0.1, -0.05) is 12.1 Å². The van der Waals surface area contributed by atoms with Crippen molar-refractivity contribution >= 4 is 46.0 Å². The Balaban J connectivity index is 1.30. The number of thiophene rings is 1. The Hall–Kier alpha value is -2.85. The molecule has 9 heteroatoms. The maximum absolute atomic E-state index is 13.1. The van der Waals surface area contributed by atoms with Gasteiger partial charge in [-0.3, -0.25) is 4.72 Å². The molecule has 0 saturated carbocycles. The molecule has 186 valence electrons. The van der Waals surface area contributed by atoms with Gasteiger partial charge in [-0.25, -0.2) is 9.78 Å². The maximum atomic E-state index is 13.1. The van der Waals surface area contributed by atoms with Crippen LogP contribution >= 0.6 is 23.3 Å². The summed E-state index contributed by atoms with van der Waals surface area (Å²) in [6, 6.07) is 10.4. The molecular weight excluding hydrogens is 492 g/mol. The largest absolute Gasteiger partial charge is 0.386 e. The Morgan fingerprint density at radius 2 is 2.08 bits per heavy atom. The minimum atomic E-state index is -0.905. The SMILES string of the molecule is CC(C)(O)c1csc(SNC(=O)Nc2c(-c3ccnc4c3ccn4C3COC3)ccc3c2CCC3)c1. The summed E-state index contributed by atoms with van der Waals surface area (Å²) in [6.07, 6.45) is 6.99. The third-order valence-corrected chi connectivity index (χ3v) is 8.83. The van der Waals surface area contributed by atoms with E-state index in [4.69, 9.17) is 4.74 Å². The van der Waals surface area contributed by atoms with Crippen molar-refractivity contribution in [3.8, 4) is 11.1 Å². The van der Waals surface area contributed by atoms with Gasteiger partial charge in [0.2, 0.25) is 0 Å². The summed E-state index contributed by atoms with van der Waals surface area (Å²) in [6.45, 7) is 4.93. The van der Waals surface area contributed by atoms with Crippen LogP contribution in [0.3, 0.4) is 0 Å². The zero-order chi connectivity index (χ0) is 24.9. The number of aliphatic hydroxyl groups is 1. The van der Waals surface area contributed by atoms with Crippen molar-refractivity contribution in [2.75, 3.05) is 18.5 Å². The summed E-state index contributed by atoms with van der Waals surface area (Å²) in [4.78, 5) is 17.7. The molecule has 0 unspecified atom stereocenters. The highest BCUT2D eigenvalue weighted by molar-refractivity contribution is 7.99. The number of carbonyl (C=O) groups is 1. The summed E-state index contributed by atoms with van der Waals surface area (Å²) < 4.78 is 11.4. The number of ether oxygens (including phenoxy) is 1. The van der Waals surface area contributed by atoms with Crippen molar-refractivity contribution < 1.29 is 14.6 Å². The van der Waals surface area contributed by atoms with Crippen molar-refractivity contribution in [1.29, 1.82) is 0 Å². The number of urea groups is 1. The fourth-order valence-electron chi connectivity index (χ4n) is 4.93. The van der Waals surface area contributed by atoms with E-state index in [-0.39, 0.29) is 6.03 Å². The number of amides is 2. The van der Waals surface area contributed by atoms with E-state index in [0.29, 0.717) is 19.3 Å². The lowest BCUT2D eigenvalue weighted by Crippen LogP contribution is -2.30. The minimum absolute atomic E-state index is 0.269. The highest BCUT2D eigenvalue weighted by Crippen LogP contribution is 2.40. The standard InChI is InChI=1S/C27H28N4O3S2/c1-27(2,33)17-12-23(35-15-17)36-30-26(32)29-24-19-5-3-4-16(19)6-7-21(24)20-8-10-28-25-22(20)9-11-31(25)18-13-34-14-18/h6-12,15,18,33H,3-5,13-14H2,1-2H3,(H2,29,30,32). The summed E-state index contributed by atoms with van der Waals surface area (Å²) in [5.41, 5.74) is 6.32. The Kier molecular flexibility index (Phi) is 6.03. The van der Waals surface area contributed by atoms with Gasteiger partial charge in [-0.2, -0.15) is 0 Å². The minimum Gasteiger partial charge on any atom is -0.386 e. The molecule has 6 rings (SSSR count). The quantitative estimate of drug-likeness (QED) is 0.276. The van der Waals surface area contributed by atoms with Gasteiger partial charge in [0.1, 0.15) is 5.65 Å². The van der Waals surface area contributed by atoms with E-state index in [2.05, 4.69) is 44.0 Å². The molecule has 0 radical (unpaired) electrons. The molecule has 2 amide bonds. The number of aryl methyl sites for hydroxylation is 1. The van der Waals surface area contributed by atoms with Gasteiger partial charge in [0.15, 0.2) is 0 Å². The van der Waals surface area contributed by atoms with Crippen LogP contribution in [0.2, 0.25) is 0 Å². The molecule has 3 aromatic heterocycles. The zero-order valence-electron chi connectivity index (χ0n) is 20.2. The summed E-state index contributed by atoms with van der Waals surface area (Å²) in [7, 11) is 0. The molecule has 4 heterocycles.